The third kappa shape index (κ3) is 3.62. The molecule has 1 fully saturated rings. The number of cyclic esters (lactones) is 1. The molecule has 0 unspecified atom stereocenters. The van der Waals surface area contributed by atoms with Gasteiger partial charge in [0.1, 0.15) is 11.9 Å². The third-order valence-corrected chi connectivity index (χ3v) is 4.57. The lowest BCUT2D eigenvalue weighted by molar-refractivity contribution is -0.142. The summed E-state index contributed by atoms with van der Waals surface area (Å²) in [5, 5.41) is 7.10. The number of rotatable bonds is 4. The van der Waals surface area contributed by atoms with Gasteiger partial charge in [-0.05, 0) is 6.07 Å². The van der Waals surface area contributed by atoms with E-state index in [0.29, 0.717) is 11.3 Å². The number of hydrogen-bond donors (Lipinski definition) is 1. The van der Waals surface area contributed by atoms with Gasteiger partial charge >= 0.3 is 12.1 Å². The molecule has 1 aromatic heterocycles. The molecule has 1 aromatic carbocycles. The molecule has 1 saturated heterocycles. The number of nitrogens with one attached hydrogen (secondary N) is 1. The van der Waals surface area contributed by atoms with Crippen molar-refractivity contribution in [2.75, 3.05) is 12.4 Å². The number of methoxy groups -OCH3 is 1. The Bertz CT molecular complexity index is 840. The number of amides is 1. The summed E-state index contributed by atoms with van der Waals surface area (Å²) in [6.45, 7) is 0. The molecule has 2 heterocycles. The molecule has 0 spiro atoms. The second-order valence-electron chi connectivity index (χ2n) is 5.36. The number of esters is 1. The molecule has 0 bridgehead atoms. The summed E-state index contributed by atoms with van der Waals surface area (Å²) in [7, 11) is 1.44. The first-order valence-corrected chi connectivity index (χ1v) is 8.15. The summed E-state index contributed by atoms with van der Waals surface area (Å²) in [6, 6.07) is 6.71. The Morgan fingerprint density at radius 1 is 1.35 bits per heavy atom. The van der Waals surface area contributed by atoms with E-state index in [1.807, 2.05) is 0 Å². The maximum absolute atomic E-state index is 12.6. The van der Waals surface area contributed by atoms with Crippen molar-refractivity contribution in [2.45, 2.75) is 18.7 Å². The van der Waals surface area contributed by atoms with E-state index in [-0.39, 0.29) is 22.9 Å². The van der Waals surface area contributed by atoms with Gasteiger partial charge in [0.2, 0.25) is 16.0 Å². The standard InChI is InChI=1S/C15H12F3N3O4S/c1-24-9-5-3-2-4-7(9)11-8(6-10(22)25-11)12(23)19-14-21-20-13(26-14)15(16,17)18/h2-5,8,11H,6H2,1H3,(H,19,21,23)/t8-,11-/m1/s1. The molecule has 0 radical (unpaired) electrons. The highest BCUT2D eigenvalue weighted by atomic mass is 32.1. The van der Waals surface area contributed by atoms with Gasteiger partial charge < -0.3 is 14.8 Å². The lowest BCUT2D eigenvalue weighted by atomic mass is 9.94. The van der Waals surface area contributed by atoms with Gasteiger partial charge in [-0.25, -0.2) is 0 Å². The first kappa shape index (κ1) is 18.1. The highest BCUT2D eigenvalue weighted by molar-refractivity contribution is 7.15. The highest BCUT2D eigenvalue weighted by Crippen LogP contribution is 2.40. The molecule has 1 amide bonds. The van der Waals surface area contributed by atoms with E-state index >= 15 is 0 Å². The zero-order valence-electron chi connectivity index (χ0n) is 13.2. The molecule has 1 aliphatic rings. The summed E-state index contributed by atoms with van der Waals surface area (Å²) in [5.41, 5.74) is 0.495. The van der Waals surface area contributed by atoms with Crippen molar-refractivity contribution < 1.29 is 32.2 Å². The van der Waals surface area contributed by atoms with Gasteiger partial charge in [0.25, 0.3) is 0 Å². The van der Waals surface area contributed by atoms with E-state index in [2.05, 4.69) is 15.5 Å². The summed E-state index contributed by atoms with van der Waals surface area (Å²) in [6.07, 6.45) is -5.76. The number of ether oxygens (including phenoxy) is 2. The predicted octanol–water partition coefficient (Wildman–Crippen LogP) is 2.81. The van der Waals surface area contributed by atoms with Crippen LogP contribution in [0.1, 0.15) is 23.1 Å². The van der Waals surface area contributed by atoms with Crippen LogP contribution in [0.5, 0.6) is 5.75 Å². The fraction of sp³-hybridized carbons (Fsp3) is 0.333. The maximum Gasteiger partial charge on any atom is 0.445 e. The number of carbonyl (C=O) groups is 2. The predicted molar refractivity (Wildman–Crippen MR) is 83.5 cm³/mol. The molecule has 2 aromatic rings. The molecule has 138 valence electrons. The largest absolute Gasteiger partial charge is 0.496 e. The van der Waals surface area contributed by atoms with Crippen LogP contribution in [0, 0.1) is 5.92 Å². The number of anilines is 1. The third-order valence-electron chi connectivity index (χ3n) is 3.69. The molecule has 26 heavy (non-hydrogen) atoms. The van der Waals surface area contributed by atoms with Crippen molar-refractivity contribution in [3.05, 3.63) is 34.8 Å². The van der Waals surface area contributed by atoms with Crippen molar-refractivity contribution in [2.24, 2.45) is 5.92 Å². The number of halogens is 3. The lowest BCUT2D eigenvalue weighted by Gasteiger charge is -2.19. The van der Waals surface area contributed by atoms with Crippen LogP contribution in [0.15, 0.2) is 24.3 Å². The molecule has 2 atom stereocenters. The minimum absolute atomic E-state index is 0.203. The van der Waals surface area contributed by atoms with E-state index < -0.39 is 35.1 Å². The van der Waals surface area contributed by atoms with Crippen LogP contribution in [0.2, 0.25) is 0 Å². The van der Waals surface area contributed by atoms with E-state index in [0.717, 1.165) is 0 Å². The smallest absolute Gasteiger partial charge is 0.445 e. The number of para-hydroxylation sites is 1. The minimum Gasteiger partial charge on any atom is -0.496 e. The van der Waals surface area contributed by atoms with Gasteiger partial charge in [0, 0.05) is 5.56 Å². The first-order valence-electron chi connectivity index (χ1n) is 7.33. The van der Waals surface area contributed by atoms with Crippen LogP contribution < -0.4 is 10.1 Å². The van der Waals surface area contributed by atoms with Gasteiger partial charge in [0.05, 0.1) is 19.4 Å². The Hall–Kier alpha value is -2.69. The number of carbonyl (C=O) groups excluding carboxylic acids is 2. The second-order valence-corrected chi connectivity index (χ2v) is 6.34. The van der Waals surface area contributed by atoms with E-state index in [1.54, 1.807) is 24.3 Å². The Morgan fingerprint density at radius 2 is 2.08 bits per heavy atom. The van der Waals surface area contributed by atoms with Gasteiger partial charge in [-0.1, -0.05) is 29.5 Å². The zero-order valence-corrected chi connectivity index (χ0v) is 14.1. The topological polar surface area (TPSA) is 90.4 Å². The van der Waals surface area contributed by atoms with Crippen molar-refractivity contribution in [3.63, 3.8) is 0 Å². The van der Waals surface area contributed by atoms with Gasteiger partial charge in [-0.2, -0.15) is 13.2 Å². The van der Waals surface area contributed by atoms with Crippen LogP contribution in [0.4, 0.5) is 18.3 Å². The molecular weight excluding hydrogens is 375 g/mol. The SMILES string of the molecule is COc1ccccc1[C@H]1OC(=O)C[C@H]1C(=O)Nc1nnc(C(F)(F)F)s1. The van der Waals surface area contributed by atoms with Crippen LogP contribution in [-0.2, 0) is 20.5 Å². The van der Waals surface area contributed by atoms with Crippen LogP contribution >= 0.6 is 11.3 Å². The lowest BCUT2D eigenvalue weighted by Crippen LogP contribution is -2.25. The highest BCUT2D eigenvalue weighted by Gasteiger charge is 2.43. The molecule has 1 aliphatic heterocycles. The van der Waals surface area contributed by atoms with Crippen molar-refractivity contribution in [3.8, 4) is 5.75 Å². The molecule has 3 rings (SSSR count). The van der Waals surface area contributed by atoms with Crippen molar-refractivity contribution >= 4 is 28.3 Å². The summed E-state index contributed by atoms with van der Waals surface area (Å²) in [4.78, 5) is 24.2. The second kappa shape index (κ2) is 6.90. The van der Waals surface area contributed by atoms with E-state index in [9.17, 15) is 22.8 Å². The summed E-state index contributed by atoms with van der Waals surface area (Å²) < 4.78 is 48.2. The molecule has 0 aliphatic carbocycles. The molecule has 0 saturated carbocycles. The normalized spacial score (nSPS) is 19.9. The summed E-state index contributed by atoms with van der Waals surface area (Å²) in [5.74, 6) is -1.77. The van der Waals surface area contributed by atoms with E-state index in [1.165, 1.54) is 7.11 Å². The maximum atomic E-state index is 12.6. The Morgan fingerprint density at radius 3 is 2.73 bits per heavy atom. The monoisotopic (exact) mass is 387 g/mol. The zero-order chi connectivity index (χ0) is 18.9. The molecule has 11 heteroatoms. The Labute approximate surface area is 149 Å². The number of benzene rings is 1. The van der Waals surface area contributed by atoms with Crippen LogP contribution in [0.25, 0.3) is 0 Å². The van der Waals surface area contributed by atoms with Crippen molar-refractivity contribution in [1.29, 1.82) is 0 Å². The van der Waals surface area contributed by atoms with Crippen LogP contribution in [0.3, 0.4) is 0 Å². The van der Waals surface area contributed by atoms with Gasteiger partial charge in [-0.3, -0.25) is 9.59 Å². The fourth-order valence-corrected chi connectivity index (χ4v) is 3.17. The Balaban J connectivity index is 1.81. The molecule has 7 nitrogen and oxygen atoms in total. The number of hydrogen-bond acceptors (Lipinski definition) is 7. The number of nitrogens with zero attached hydrogens (tertiary/aromatic N) is 2. The quantitative estimate of drug-likeness (QED) is 0.812. The Kier molecular flexibility index (Phi) is 4.81. The van der Waals surface area contributed by atoms with Gasteiger partial charge in [0.15, 0.2) is 0 Å². The number of alkyl halides is 3. The number of aromatic nitrogens is 2. The fourth-order valence-electron chi connectivity index (χ4n) is 2.56. The first-order chi connectivity index (χ1) is 12.3. The molecular formula is C15H12F3N3O4S. The van der Waals surface area contributed by atoms with Crippen LogP contribution in [-0.4, -0.2) is 29.2 Å². The average Bonchev–Trinajstić information content (AvgIpc) is 3.21. The minimum atomic E-state index is -4.65. The van der Waals surface area contributed by atoms with Gasteiger partial charge in [-0.15, -0.1) is 10.2 Å². The average molecular weight is 387 g/mol. The summed E-state index contributed by atoms with van der Waals surface area (Å²) >= 11 is 0.203. The molecule has 1 N–H and O–H groups in total. The van der Waals surface area contributed by atoms with E-state index in [4.69, 9.17) is 9.47 Å². The van der Waals surface area contributed by atoms with Crippen molar-refractivity contribution in [1.82, 2.24) is 10.2 Å².